The van der Waals surface area contributed by atoms with Gasteiger partial charge < -0.3 is 9.88 Å². The number of anilines is 1. The maximum Gasteiger partial charge on any atom is 0.261 e. The Morgan fingerprint density at radius 3 is 2.13 bits per heavy atom. The molecule has 0 spiro atoms. The molecule has 0 bridgehead atoms. The van der Waals surface area contributed by atoms with E-state index in [4.69, 9.17) is 0 Å². The maximum atomic E-state index is 13.4. The average Bonchev–Trinajstić information content (AvgIpc) is 2.76. The van der Waals surface area contributed by atoms with Gasteiger partial charge in [0.05, 0.1) is 0 Å². The first kappa shape index (κ1) is 22.5. The predicted molar refractivity (Wildman–Crippen MR) is 128 cm³/mol. The maximum absolute atomic E-state index is 13.4. The van der Waals surface area contributed by atoms with Gasteiger partial charge in [-0.2, -0.15) is 0 Å². The number of carbonyl (C=O) groups excluding carboxylic acids is 1. The SMILES string of the molecule is CCc1c(CC)n(CCc2ccccc2)c(C)c(C(=O)Nc2c(C)cccc2C)c1=O. The molecule has 1 aromatic heterocycles. The van der Waals surface area contributed by atoms with E-state index >= 15 is 0 Å². The van der Waals surface area contributed by atoms with Crippen LogP contribution in [0, 0.1) is 20.8 Å². The lowest BCUT2D eigenvalue weighted by molar-refractivity contribution is 0.102. The third kappa shape index (κ3) is 4.63. The first-order valence-electron chi connectivity index (χ1n) is 11.1. The van der Waals surface area contributed by atoms with Crippen LogP contribution in [0.2, 0.25) is 0 Å². The number of amides is 1. The molecule has 162 valence electrons. The summed E-state index contributed by atoms with van der Waals surface area (Å²) in [5.74, 6) is -0.328. The molecular weight excluding hydrogens is 384 g/mol. The molecule has 3 aromatic rings. The molecule has 0 saturated heterocycles. The summed E-state index contributed by atoms with van der Waals surface area (Å²) in [6, 6.07) is 16.2. The molecule has 1 N–H and O–H groups in total. The number of hydrogen-bond acceptors (Lipinski definition) is 2. The summed E-state index contributed by atoms with van der Waals surface area (Å²) in [6.07, 6.45) is 2.21. The minimum absolute atomic E-state index is 0.142. The van der Waals surface area contributed by atoms with Gasteiger partial charge in [-0.05, 0) is 56.7 Å². The molecule has 3 rings (SSSR count). The molecule has 0 aliphatic heterocycles. The first-order chi connectivity index (χ1) is 14.9. The van der Waals surface area contributed by atoms with E-state index in [0.29, 0.717) is 6.42 Å². The smallest absolute Gasteiger partial charge is 0.261 e. The number of hydrogen-bond donors (Lipinski definition) is 1. The number of carbonyl (C=O) groups is 1. The quantitative estimate of drug-likeness (QED) is 0.561. The first-order valence-corrected chi connectivity index (χ1v) is 11.1. The second kappa shape index (κ2) is 9.78. The van der Waals surface area contributed by atoms with Crippen molar-refractivity contribution in [1.82, 2.24) is 4.57 Å². The third-order valence-electron chi connectivity index (χ3n) is 6.04. The van der Waals surface area contributed by atoms with Crippen LogP contribution in [0.3, 0.4) is 0 Å². The van der Waals surface area contributed by atoms with Gasteiger partial charge in [0, 0.05) is 29.2 Å². The minimum Gasteiger partial charge on any atom is -0.347 e. The fourth-order valence-electron chi connectivity index (χ4n) is 4.36. The molecule has 0 fully saturated rings. The van der Waals surface area contributed by atoms with Gasteiger partial charge in [0.1, 0.15) is 5.56 Å². The van der Waals surface area contributed by atoms with E-state index in [-0.39, 0.29) is 16.9 Å². The summed E-state index contributed by atoms with van der Waals surface area (Å²) >= 11 is 0. The summed E-state index contributed by atoms with van der Waals surface area (Å²) in [7, 11) is 0. The van der Waals surface area contributed by atoms with Gasteiger partial charge in [-0.15, -0.1) is 0 Å². The van der Waals surface area contributed by atoms with E-state index < -0.39 is 0 Å². The highest BCUT2D eigenvalue weighted by molar-refractivity contribution is 6.05. The molecule has 0 saturated carbocycles. The van der Waals surface area contributed by atoms with Crippen molar-refractivity contribution in [3.05, 3.63) is 98.0 Å². The van der Waals surface area contributed by atoms with Crippen molar-refractivity contribution >= 4 is 11.6 Å². The minimum atomic E-state index is -0.328. The fraction of sp³-hybridized carbons (Fsp3) is 0.333. The van der Waals surface area contributed by atoms with E-state index in [1.165, 1.54) is 5.56 Å². The fourth-order valence-corrected chi connectivity index (χ4v) is 4.36. The van der Waals surface area contributed by atoms with Gasteiger partial charge >= 0.3 is 0 Å². The van der Waals surface area contributed by atoms with Crippen LogP contribution >= 0.6 is 0 Å². The van der Waals surface area contributed by atoms with Crippen LogP contribution in [-0.2, 0) is 25.8 Å². The predicted octanol–water partition coefficient (Wildman–Crippen LogP) is 5.39. The number of nitrogens with zero attached hydrogens (tertiary/aromatic N) is 1. The Kier molecular flexibility index (Phi) is 7.11. The number of para-hydroxylation sites is 1. The van der Waals surface area contributed by atoms with E-state index in [1.54, 1.807) is 0 Å². The standard InChI is InChI=1S/C27H32N2O2/c1-6-22-23(7-2)29(17-16-21-14-9-8-10-15-21)20(5)24(26(22)30)27(31)28-25-18(3)12-11-13-19(25)4/h8-15H,6-7,16-17H2,1-5H3,(H,28,31). The number of pyridine rings is 1. The zero-order valence-electron chi connectivity index (χ0n) is 19.2. The molecule has 31 heavy (non-hydrogen) atoms. The third-order valence-corrected chi connectivity index (χ3v) is 6.04. The van der Waals surface area contributed by atoms with Gasteiger partial charge in [0.15, 0.2) is 5.43 Å². The molecule has 0 radical (unpaired) electrons. The highest BCUT2D eigenvalue weighted by atomic mass is 16.2. The van der Waals surface area contributed by atoms with Crippen molar-refractivity contribution in [2.75, 3.05) is 5.32 Å². The molecule has 2 aromatic carbocycles. The van der Waals surface area contributed by atoms with Gasteiger partial charge in [-0.3, -0.25) is 9.59 Å². The zero-order chi connectivity index (χ0) is 22.5. The monoisotopic (exact) mass is 416 g/mol. The van der Waals surface area contributed by atoms with Crippen molar-refractivity contribution in [1.29, 1.82) is 0 Å². The van der Waals surface area contributed by atoms with Gasteiger partial charge in [-0.1, -0.05) is 62.4 Å². The molecule has 0 aliphatic carbocycles. The molecule has 4 nitrogen and oxygen atoms in total. The van der Waals surface area contributed by atoms with Crippen LogP contribution in [0.5, 0.6) is 0 Å². The van der Waals surface area contributed by atoms with Crippen LogP contribution in [-0.4, -0.2) is 10.5 Å². The van der Waals surface area contributed by atoms with Crippen LogP contribution in [0.1, 0.15) is 57.8 Å². The normalized spacial score (nSPS) is 10.9. The van der Waals surface area contributed by atoms with Crippen molar-refractivity contribution < 1.29 is 4.79 Å². The molecule has 0 atom stereocenters. The summed E-state index contributed by atoms with van der Waals surface area (Å²) < 4.78 is 2.17. The van der Waals surface area contributed by atoms with Gasteiger partial charge in [0.25, 0.3) is 5.91 Å². The Bertz CT molecular complexity index is 1120. The van der Waals surface area contributed by atoms with Gasteiger partial charge in [-0.25, -0.2) is 0 Å². The Morgan fingerprint density at radius 2 is 1.55 bits per heavy atom. The highest BCUT2D eigenvalue weighted by Gasteiger charge is 2.23. The summed E-state index contributed by atoms with van der Waals surface area (Å²) in [5.41, 5.74) is 6.60. The molecule has 0 aliphatic rings. The van der Waals surface area contributed by atoms with Crippen molar-refractivity contribution in [2.24, 2.45) is 0 Å². The second-order valence-electron chi connectivity index (χ2n) is 8.03. The Morgan fingerprint density at radius 1 is 0.903 bits per heavy atom. The van der Waals surface area contributed by atoms with Crippen LogP contribution in [0.15, 0.2) is 53.3 Å². The number of aryl methyl sites for hydroxylation is 3. The van der Waals surface area contributed by atoms with E-state index in [9.17, 15) is 9.59 Å². The Balaban J connectivity index is 2.07. The molecule has 1 amide bonds. The number of nitrogens with one attached hydrogen (secondary N) is 1. The van der Waals surface area contributed by atoms with Crippen molar-refractivity contribution in [3.63, 3.8) is 0 Å². The molecule has 0 unspecified atom stereocenters. The van der Waals surface area contributed by atoms with Crippen LogP contribution < -0.4 is 10.7 Å². The lowest BCUT2D eigenvalue weighted by Gasteiger charge is -2.22. The largest absolute Gasteiger partial charge is 0.347 e. The highest BCUT2D eigenvalue weighted by Crippen LogP contribution is 2.22. The van der Waals surface area contributed by atoms with Gasteiger partial charge in [0.2, 0.25) is 0 Å². The lowest BCUT2D eigenvalue weighted by Crippen LogP contribution is -2.31. The Hall–Kier alpha value is -3.14. The summed E-state index contributed by atoms with van der Waals surface area (Å²) in [5, 5.41) is 3.01. The topological polar surface area (TPSA) is 51.1 Å². The zero-order valence-corrected chi connectivity index (χ0v) is 19.2. The summed E-state index contributed by atoms with van der Waals surface area (Å²) in [6.45, 7) is 10.6. The summed E-state index contributed by atoms with van der Waals surface area (Å²) in [4.78, 5) is 26.7. The average molecular weight is 417 g/mol. The number of aromatic nitrogens is 1. The molecule has 1 heterocycles. The molecular formula is C27H32N2O2. The van der Waals surface area contributed by atoms with Crippen molar-refractivity contribution in [2.45, 2.75) is 60.4 Å². The van der Waals surface area contributed by atoms with E-state index in [0.717, 1.165) is 53.2 Å². The lowest BCUT2D eigenvalue weighted by atomic mass is 10.00. The van der Waals surface area contributed by atoms with Crippen LogP contribution in [0.25, 0.3) is 0 Å². The van der Waals surface area contributed by atoms with Crippen LogP contribution in [0.4, 0.5) is 5.69 Å². The number of benzene rings is 2. The molecule has 4 heteroatoms. The Labute approximate surface area is 184 Å². The number of rotatable bonds is 7. The van der Waals surface area contributed by atoms with E-state index in [1.807, 2.05) is 64.1 Å². The second-order valence-corrected chi connectivity index (χ2v) is 8.03. The van der Waals surface area contributed by atoms with E-state index in [2.05, 4.69) is 28.9 Å². The van der Waals surface area contributed by atoms with Crippen molar-refractivity contribution in [3.8, 4) is 0 Å².